The van der Waals surface area contributed by atoms with Crippen molar-refractivity contribution in [1.29, 1.82) is 0 Å². The van der Waals surface area contributed by atoms with E-state index in [0.717, 1.165) is 31.0 Å². The molecule has 1 amide bonds. The number of carbonyl (C=O) groups is 1. The maximum absolute atomic E-state index is 11.9. The summed E-state index contributed by atoms with van der Waals surface area (Å²) in [4.78, 5) is 11.9. The Labute approximate surface area is 130 Å². The van der Waals surface area contributed by atoms with Gasteiger partial charge in [-0.15, -0.1) is 5.10 Å². The molecule has 1 saturated carbocycles. The molecule has 21 heavy (non-hydrogen) atoms. The van der Waals surface area contributed by atoms with Gasteiger partial charge in [0, 0.05) is 6.54 Å². The third-order valence-electron chi connectivity index (χ3n) is 3.82. The Morgan fingerprint density at radius 2 is 2.29 bits per heavy atom. The summed E-state index contributed by atoms with van der Waals surface area (Å²) >= 11 is 1.42. The molecule has 6 nitrogen and oxygen atoms in total. The SMILES string of the molecule is CCCCC(CC)CNC(=O)CSc1nnnn1C1CC1. The van der Waals surface area contributed by atoms with E-state index in [0.29, 0.717) is 17.7 Å². The molecule has 0 aliphatic heterocycles. The summed E-state index contributed by atoms with van der Waals surface area (Å²) < 4.78 is 1.84. The first-order chi connectivity index (χ1) is 10.2. The molecule has 1 aromatic rings. The zero-order valence-electron chi connectivity index (χ0n) is 12.9. The number of thioether (sulfide) groups is 1. The van der Waals surface area contributed by atoms with E-state index in [4.69, 9.17) is 0 Å². The van der Waals surface area contributed by atoms with Gasteiger partial charge in [0.15, 0.2) is 0 Å². The van der Waals surface area contributed by atoms with Crippen molar-refractivity contribution in [2.45, 2.75) is 63.6 Å². The van der Waals surface area contributed by atoms with Gasteiger partial charge in [0.05, 0.1) is 11.8 Å². The van der Waals surface area contributed by atoms with Crippen molar-refractivity contribution in [3.63, 3.8) is 0 Å². The highest BCUT2D eigenvalue weighted by Gasteiger charge is 2.28. The van der Waals surface area contributed by atoms with Crippen LogP contribution in [0.25, 0.3) is 0 Å². The van der Waals surface area contributed by atoms with Gasteiger partial charge >= 0.3 is 0 Å². The van der Waals surface area contributed by atoms with Gasteiger partial charge in [0.1, 0.15) is 0 Å². The monoisotopic (exact) mass is 311 g/mol. The summed E-state index contributed by atoms with van der Waals surface area (Å²) in [6, 6.07) is 0.448. The molecule has 7 heteroatoms. The summed E-state index contributed by atoms with van der Waals surface area (Å²) in [6.45, 7) is 5.17. The van der Waals surface area contributed by atoms with Gasteiger partial charge in [-0.2, -0.15) is 0 Å². The number of unbranched alkanes of at least 4 members (excludes halogenated alkanes) is 1. The van der Waals surface area contributed by atoms with Crippen molar-refractivity contribution in [3.8, 4) is 0 Å². The van der Waals surface area contributed by atoms with Crippen LogP contribution in [0.5, 0.6) is 0 Å². The molecule has 1 aliphatic carbocycles. The molecule has 0 bridgehead atoms. The van der Waals surface area contributed by atoms with Crippen molar-refractivity contribution < 1.29 is 4.79 Å². The van der Waals surface area contributed by atoms with Crippen molar-refractivity contribution in [1.82, 2.24) is 25.5 Å². The molecule has 0 saturated heterocycles. The Hall–Kier alpha value is -1.11. The predicted molar refractivity (Wildman–Crippen MR) is 83.1 cm³/mol. The van der Waals surface area contributed by atoms with Crippen molar-refractivity contribution in [3.05, 3.63) is 0 Å². The summed E-state index contributed by atoms with van der Waals surface area (Å²) in [5.74, 6) is 1.05. The second-order valence-corrected chi connectivity index (χ2v) is 6.59. The molecular weight excluding hydrogens is 286 g/mol. The van der Waals surface area contributed by atoms with Gasteiger partial charge < -0.3 is 5.32 Å². The number of nitrogens with one attached hydrogen (secondary N) is 1. The van der Waals surface area contributed by atoms with Crippen molar-refractivity contribution in [2.75, 3.05) is 12.3 Å². The van der Waals surface area contributed by atoms with Gasteiger partial charge in [-0.05, 0) is 35.6 Å². The van der Waals surface area contributed by atoms with E-state index in [1.807, 2.05) is 4.68 Å². The number of hydrogen-bond donors (Lipinski definition) is 1. The quantitative estimate of drug-likeness (QED) is 0.672. The average molecular weight is 311 g/mol. The summed E-state index contributed by atoms with van der Waals surface area (Å²) in [5, 5.41) is 15.4. The molecule has 1 aliphatic rings. The number of rotatable bonds is 10. The largest absolute Gasteiger partial charge is 0.355 e. The Morgan fingerprint density at radius 3 is 2.95 bits per heavy atom. The molecule has 0 radical (unpaired) electrons. The molecule has 2 rings (SSSR count). The molecule has 0 aromatic carbocycles. The Balaban J connectivity index is 1.68. The van der Waals surface area contributed by atoms with E-state index in [1.54, 1.807) is 0 Å². The first-order valence-corrected chi connectivity index (χ1v) is 8.90. The normalized spacial score (nSPS) is 15.9. The standard InChI is InChI=1S/C14H25N5OS/c1-3-5-6-11(4-2)9-15-13(20)10-21-14-16-17-18-19(14)12-7-8-12/h11-12H,3-10H2,1-2H3,(H,15,20). The predicted octanol–water partition coefficient (Wildman–Crippen LogP) is 2.43. The fourth-order valence-corrected chi connectivity index (χ4v) is 2.99. The lowest BCUT2D eigenvalue weighted by Gasteiger charge is -2.15. The number of carbonyl (C=O) groups excluding carboxylic acids is 1. The fraction of sp³-hybridized carbons (Fsp3) is 0.857. The minimum atomic E-state index is 0.0697. The van der Waals surface area contributed by atoms with Gasteiger partial charge in [-0.25, -0.2) is 4.68 Å². The molecule has 1 fully saturated rings. The number of nitrogens with zero attached hydrogens (tertiary/aromatic N) is 4. The average Bonchev–Trinajstić information content (AvgIpc) is 3.24. The van der Waals surface area contributed by atoms with Crippen molar-refractivity contribution >= 4 is 17.7 Å². The first-order valence-electron chi connectivity index (χ1n) is 7.91. The summed E-state index contributed by atoms with van der Waals surface area (Å²) in [6.07, 6.45) is 7.04. The maximum Gasteiger partial charge on any atom is 0.230 e. The fourth-order valence-electron chi connectivity index (χ4n) is 2.21. The van der Waals surface area contributed by atoms with Crippen LogP contribution in [0.1, 0.15) is 58.4 Å². The van der Waals surface area contributed by atoms with Crippen LogP contribution in [-0.4, -0.2) is 38.4 Å². The van der Waals surface area contributed by atoms with Crippen LogP contribution in [0, 0.1) is 5.92 Å². The van der Waals surface area contributed by atoms with Crippen LogP contribution in [0.15, 0.2) is 5.16 Å². The topological polar surface area (TPSA) is 72.7 Å². The second kappa shape index (κ2) is 8.36. The minimum absolute atomic E-state index is 0.0697. The molecule has 1 atom stereocenters. The molecular formula is C14H25N5OS. The summed E-state index contributed by atoms with van der Waals surface area (Å²) in [5.41, 5.74) is 0. The lowest BCUT2D eigenvalue weighted by molar-refractivity contribution is -0.118. The lowest BCUT2D eigenvalue weighted by Crippen LogP contribution is -2.30. The van der Waals surface area contributed by atoms with Crippen molar-refractivity contribution in [2.24, 2.45) is 5.92 Å². The third kappa shape index (κ3) is 5.30. The molecule has 1 aromatic heterocycles. The number of aromatic nitrogens is 4. The lowest BCUT2D eigenvalue weighted by atomic mass is 9.99. The van der Waals surface area contributed by atoms with Gasteiger partial charge in [-0.3, -0.25) is 4.79 Å². The zero-order valence-corrected chi connectivity index (χ0v) is 13.7. The number of hydrogen-bond acceptors (Lipinski definition) is 5. The molecule has 1 unspecified atom stereocenters. The van der Waals surface area contributed by atoms with E-state index in [9.17, 15) is 4.79 Å². The van der Waals surface area contributed by atoms with E-state index in [2.05, 4.69) is 34.7 Å². The van der Waals surface area contributed by atoms with Gasteiger partial charge in [0.2, 0.25) is 11.1 Å². The highest BCUT2D eigenvalue weighted by atomic mass is 32.2. The van der Waals surface area contributed by atoms with Crippen LogP contribution in [0.4, 0.5) is 0 Å². The van der Waals surface area contributed by atoms with Gasteiger partial charge in [-0.1, -0.05) is 44.9 Å². The van der Waals surface area contributed by atoms with Crippen LogP contribution >= 0.6 is 11.8 Å². The van der Waals surface area contributed by atoms with Gasteiger partial charge in [0.25, 0.3) is 0 Å². The van der Waals surface area contributed by atoms with E-state index in [-0.39, 0.29) is 5.91 Å². The molecule has 1 heterocycles. The number of amides is 1. The highest BCUT2D eigenvalue weighted by Crippen LogP contribution is 2.36. The molecule has 0 spiro atoms. The highest BCUT2D eigenvalue weighted by molar-refractivity contribution is 7.99. The third-order valence-corrected chi connectivity index (χ3v) is 4.75. The second-order valence-electron chi connectivity index (χ2n) is 5.65. The van der Waals surface area contributed by atoms with E-state index >= 15 is 0 Å². The maximum atomic E-state index is 11.9. The van der Waals surface area contributed by atoms with Crippen LogP contribution in [-0.2, 0) is 4.79 Å². The van der Waals surface area contributed by atoms with Crippen LogP contribution in [0.2, 0.25) is 0 Å². The molecule has 1 N–H and O–H groups in total. The number of tetrazole rings is 1. The Bertz CT molecular complexity index is 446. The zero-order chi connectivity index (χ0) is 15.1. The van der Waals surface area contributed by atoms with Crippen LogP contribution < -0.4 is 5.32 Å². The van der Waals surface area contributed by atoms with E-state index < -0.39 is 0 Å². The Morgan fingerprint density at radius 1 is 1.48 bits per heavy atom. The first kappa shape index (κ1) is 16.3. The van der Waals surface area contributed by atoms with Crippen LogP contribution in [0.3, 0.4) is 0 Å². The van der Waals surface area contributed by atoms with E-state index in [1.165, 1.54) is 31.0 Å². The molecule has 118 valence electrons. The summed E-state index contributed by atoms with van der Waals surface area (Å²) in [7, 11) is 0. The minimum Gasteiger partial charge on any atom is -0.355 e. The smallest absolute Gasteiger partial charge is 0.230 e. The Kier molecular flexibility index (Phi) is 6.48.